The normalized spacial score (nSPS) is 29.4. The van der Waals surface area contributed by atoms with Crippen LogP contribution in [0.2, 0.25) is 0 Å². The lowest BCUT2D eigenvalue weighted by atomic mass is 9.77. The summed E-state index contributed by atoms with van der Waals surface area (Å²) in [4.78, 5) is 13.3. The highest BCUT2D eigenvalue weighted by molar-refractivity contribution is 5.37. The highest BCUT2D eigenvalue weighted by Gasteiger charge is 2.44. The number of hydrogen-bond acceptors (Lipinski definition) is 7. The number of hydrogen-bond donors (Lipinski definition) is 0. The summed E-state index contributed by atoms with van der Waals surface area (Å²) in [6.45, 7) is 3.79. The van der Waals surface area contributed by atoms with E-state index in [-0.39, 0.29) is 12.1 Å². The van der Waals surface area contributed by atoms with E-state index >= 15 is 0 Å². The van der Waals surface area contributed by atoms with Gasteiger partial charge in [0.15, 0.2) is 0 Å². The molecular weight excluding hydrogens is 366 g/mol. The number of anilines is 1. The van der Waals surface area contributed by atoms with Crippen molar-refractivity contribution in [1.82, 2.24) is 29.9 Å². The van der Waals surface area contributed by atoms with E-state index in [1.807, 2.05) is 6.20 Å². The van der Waals surface area contributed by atoms with Gasteiger partial charge in [-0.1, -0.05) is 5.21 Å². The molecule has 2 aromatic heterocycles. The maximum absolute atomic E-state index is 6.47. The molecule has 29 heavy (non-hydrogen) atoms. The first-order valence-electron chi connectivity index (χ1n) is 10.8. The van der Waals surface area contributed by atoms with Gasteiger partial charge in [0, 0.05) is 38.6 Å². The summed E-state index contributed by atoms with van der Waals surface area (Å²) < 4.78 is 8.55. The highest BCUT2D eigenvalue weighted by Crippen LogP contribution is 2.43. The van der Waals surface area contributed by atoms with Gasteiger partial charge in [0.1, 0.15) is 5.82 Å². The molecule has 0 bridgehead atoms. The van der Waals surface area contributed by atoms with Crippen molar-refractivity contribution in [3.63, 3.8) is 0 Å². The Balaban J connectivity index is 1.32. The van der Waals surface area contributed by atoms with Crippen molar-refractivity contribution in [3.8, 4) is 0 Å². The summed E-state index contributed by atoms with van der Waals surface area (Å²) in [5.41, 5.74) is 1.02. The molecule has 8 nitrogen and oxygen atoms in total. The van der Waals surface area contributed by atoms with Crippen molar-refractivity contribution < 1.29 is 4.74 Å². The molecule has 3 heterocycles. The first-order valence-corrected chi connectivity index (χ1v) is 10.8. The van der Waals surface area contributed by atoms with E-state index in [2.05, 4.69) is 55.1 Å². The second-order valence-electron chi connectivity index (χ2n) is 9.27. The Morgan fingerprint density at radius 2 is 1.97 bits per heavy atom. The molecule has 3 fully saturated rings. The Labute approximate surface area is 172 Å². The van der Waals surface area contributed by atoms with E-state index in [0.717, 1.165) is 56.5 Å². The van der Waals surface area contributed by atoms with Crippen LogP contribution in [0.15, 0.2) is 24.8 Å². The van der Waals surface area contributed by atoms with Crippen LogP contribution in [0.5, 0.6) is 0 Å². The third-order valence-corrected chi connectivity index (χ3v) is 6.58. The summed E-state index contributed by atoms with van der Waals surface area (Å²) >= 11 is 0. The summed E-state index contributed by atoms with van der Waals surface area (Å²) in [6, 6.07) is 0.264. The standard InChI is InChI=1S/C21H31N7O/c1-26(2)12-18-13-28(25-24-18)19-7-16-10-27(21-9-22-5-6-23-21)11-17(16)8-20(19)29-14-15-3-4-15/h5-6,9,13,15-17,19-20H,3-4,7-8,10-12,14H2,1-2H3/t16-,17+,19-,20-/m1/s1. The Hall–Kier alpha value is -2.06. The fourth-order valence-electron chi connectivity index (χ4n) is 4.91. The van der Waals surface area contributed by atoms with Gasteiger partial charge in [-0.15, -0.1) is 5.10 Å². The molecule has 8 heteroatoms. The van der Waals surface area contributed by atoms with Crippen LogP contribution in [-0.2, 0) is 11.3 Å². The Morgan fingerprint density at radius 3 is 2.69 bits per heavy atom. The predicted molar refractivity (Wildman–Crippen MR) is 109 cm³/mol. The Bertz CT molecular complexity index is 806. The van der Waals surface area contributed by atoms with Gasteiger partial charge >= 0.3 is 0 Å². The zero-order valence-corrected chi connectivity index (χ0v) is 17.4. The Kier molecular flexibility index (Phi) is 5.22. The summed E-state index contributed by atoms with van der Waals surface area (Å²) in [6.07, 6.45) is 12.5. The zero-order valence-electron chi connectivity index (χ0n) is 17.4. The van der Waals surface area contributed by atoms with Gasteiger partial charge in [0.2, 0.25) is 0 Å². The molecule has 2 aromatic rings. The monoisotopic (exact) mass is 397 g/mol. The van der Waals surface area contributed by atoms with Crippen molar-refractivity contribution in [2.24, 2.45) is 17.8 Å². The average molecular weight is 398 g/mol. The summed E-state index contributed by atoms with van der Waals surface area (Å²) in [5, 5.41) is 8.91. The van der Waals surface area contributed by atoms with Crippen molar-refractivity contribution in [2.45, 2.75) is 44.4 Å². The van der Waals surface area contributed by atoms with E-state index in [9.17, 15) is 0 Å². The lowest BCUT2D eigenvalue weighted by Gasteiger charge is -2.37. The van der Waals surface area contributed by atoms with Crippen molar-refractivity contribution in [1.29, 1.82) is 0 Å². The number of ether oxygens (including phenoxy) is 1. The molecular formula is C21H31N7O. The van der Waals surface area contributed by atoms with Crippen molar-refractivity contribution in [3.05, 3.63) is 30.5 Å². The lowest BCUT2D eigenvalue weighted by molar-refractivity contribution is -0.0375. The highest BCUT2D eigenvalue weighted by atomic mass is 16.5. The molecule has 0 amide bonds. The molecule has 0 spiro atoms. The number of fused-ring (bicyclic) bond motifs is 1. The summed E-state index contributed by atoms with van der Waals surface area (Å²) in [5.74, 6) is 3.03. The first-order chi connectivity index (χ1) is 14.2. The SMILES string of the molecule is CN(C)Cc1cn([C@@H]2C[C@@H]3CN(c4cnccn4)C[C@@H]3C[C@H]2OCC2CC2)nn1. The van der Waals surface area contributed by atoms with Crippen LogP contribution < -0.4 is 4.90 Å². The molecule has 2 aliphatic carbocycles. The third kappa shape index (κ3) is 4.28. The minimum atomic E-state index is 0.215. The van der Waals surface area contributed by atoms with E-state index in [0.29, 0.717) is 11.8 Å². The van der Waals surface area contributed by atoms with Gasteiger partial charge in [-0.2, -0.15) is 0 Å². The first kappa shape index (κ1) is 18.9. The van der Waals surface area contributed by atoms with Crippen LogP contribution in [0, 0.1) is 17.8 Å². The van der Waals surface area contributed by atoms with E-state index in [1.165, 1.54) is 12.8 Å². The zero-order chi connectivity index (χ0) is 19.8. The minimum absolute atomic E-state index is 0.215. The van der Waals surface area contributed by atoms with Crippen molar-refractivity contribution in [2.75, 3.05) is 38.7 Å². The van der Waals surface area contributed by atoms with Gasteiger partial charge < -0.3 is 14.5 Å². The topological polar surface area (TPSA) is 72.2 Å². The Morgan fingerprint density at radius 1 is 1.14 bits per heavy atom. The molecule has 2 saturated carbocycles. The largest absolute Gasteiger partial charge is 0.376 e. The molecule has 3 aliphatic rings. The van der Waals surface area contributed by atoms with Crippen LogP contribution in [-0.4, -0.2) is 69.8 Å². The molecule has 0 radical (unpaired) electrons. The van der Waals surface area contributed by atoms with Crippen LogP contribution in [0.4, 0.5) is 5.82 Å². The fraction of sp³-hybridized carbons (Fsp3) is 0.714. The third-order valence-electron chi connectivity index (χ3n) is 6.58. The number of aromatic nitrogens is 5. The molecule has 5 rings (SSSR count). The van der Waals surface area contributed by atoms with Gasteiger partial charge in [0.25, 0.3) is 0 Å². The van der Waals surface area contributed by atoms with E-state index in [4.69, 9.17) is 4.74 Å². The van der Waals surface area contributed by atoms with Gasteiger partial charge in [-0.3, -0.25) is 4.98 Å². The predicted octanol–water partition coefficient (Wildman–Crippen LogP) is 2.01. The molecule has 4 atom stereocenters. The molecule has 0 N–H and O–H groups in total. The second-order valence-corrected chi connectivity index (χ2v) is 9.27. The van der Waals surface area contributed by atoms with E-state index in [1.54, 1.807) is 12.4 Å². The van der Waals surface area contributed by atoms with Gasteiger partial charge in [0.05, 0.1) is 30.2 Å². The van der Waals surface area contributed by atoms with Crippen LogP contribution in [0.3, 0.4) is 0 Å². The van der Waals surface area contributed by atoms with Gasteiger partial charge in [-0.25, -0.2) is 9.67 Å². The van der Waals surface area contributed by atoms with Crippen LogP contribution in [0.25, 0.3) is 0 Å². The van der Waals surface area contributed by atoms with Gasteiger partial charge in [-0.05, 0) is 57.5 Å². The number of rotatable bonds is 7. The molecule has 0 unspecified atom stereocenters. The average Bonchev–Trinajstić information content (AvgIpc) is 3.28. The minimum Gasteiger partial charge on any atom is -0.376 e. The maximum atomic E-state index is 6.47. The van der Waals surface area contributed by atoms with E-state index < -0.39 is 0 Å². The van der Waals surface area contributed by atoms with Crippen LogP contribution in [0.1, 0.15) is 37.4 Å². The smallest absolute Gasteiger partial charge is 0.147 e. The molecule has 1 aliphatic heterocycles. The van der Waals surface area contributed by atoms with Crippen molar-refractivity contribution >= 4 is 5.82 Å². The summed E-state index contributed by atoms with van der Waals surface area (Å²) in [7, 11) is 4.12. The fourth-order valence-corrected chi connectivity index (χ4v) is 4.91. The second kappa shape index (κ2) is 7.99. The maximum Gasteiger partial charge on any atom is 0.147 e. The molecule has 0 aromatic carbocycles. The quantitative estimate of drug-likeness (QED) is 0.708. The van der Waals surface area contributed by atoms with Crippen LogP contribution >= 0.6 is 0 Å². The number of nitrogens with zero attached hydrogens (tertiary/aromatic N) is 7. The molecule has 156 valence electrons. The molecule has 1 saturated heterocycles. The lowest BCUT2D eigenvalue weighted by Crippen LogP contribution is -2.38.